The maximum Gasteiger partial charge on any atom is 0.308 e. The van der Waals surface area contributed by atoms with Gasteiger partial charge >= 0.3 is 5.97 Å². The summed E-state index contributed by atoms with van der Waals surface area (Å²) in [5.41, 5.74) is 1.11. The summed E-state index contributed by atoms with van der Waals surface area (Å²) < 4.78 is 2.16. The average Bonchev–Trinajstić information content (AvgIpc) is 3.16. The fourth-order valence-electron chi connectivity index (χ4n) is 3.44. The van der Waals surface area contributed by atoms with E-state index in [1.807, 2.05) is 42.7 Å². The van der Waals surface area contributed by atoms with Gasteiger partial charge < -0.3 is 9.67 Å². The van der Waals surface area contributed by atoms with E-state index in [1.165, 1.54) is 0 Å². The highest BCUT2D eigenvalue weighted by atomic mass is 16.4. The van der Waals surface area contributed by atoms with Crippen molar-refractivity contribution in [3.63, 3.8) is 0 Å². The molecule has 2 aromatic rings. The number of carboxylic acids is 1. The molecule has 1 aliphatic rings. The van der Waals surface area contributed by atoms with Crippen LogP contribution in [0.5, 0.6) is 0 Å². The first kappa shape index (κ1) is 15.7. The fraction of sp³-hybridized carbons (Fsp3) is 0.444. The van der Waals surface area contributed by atoms with Crippen molar-refractivity contribution >= 4 is 5.97 Å². The number of likely N-dealkylation sites (tertiary alicyclic amines) is 1. The van der Waals surface area contributed by atoms with E-state index in [1.54, 1.807) is 0 Å². The van der Waals surface area contributed by atoms with Crippen molar-refractivity contribution < 1.29 is 9.90 Å². The Morgan fingerprint density at radius 3 is 2.78 bits per heavy atom. The van der Waals surface area contributed by atoms with Gasteiger partial charge in [-0.1, -0.05) is 37.3 Å². The molecule has 0 radical (unpaired) electrons. The highest BCUT2D eigenvalue weighted by Gasteiger charge is 2.38. The van der Waals surface area contributed by atoms with E-state index < -0.39 is 5.97 Å². The van der Waals surface area contributed by atoms with Crippen LogP contribution in [0.1, 0.15) is 30.7 Å². The van der Waals surface area contributed by atoms with Gasteiger partial charge in [-0.05, 0) is 12.0 Å². The molecule has 1 aromatic carbocycles. The highest BCUT2D eigenvalue weighted by molar-refractivity contribution is 5.72. The van der Waals surface area contributed by atoms with Gasteiger partial charge in [0.1, 0.15) is 5.82 Å². The van der Waals surface area contributed by atoms with Crippen LogP contribution in [0.4, 0.5) is 0 Å². The molecule has 5 heteroatoms. The SMILES string of the molecule is CCCn1ccnc1CN1C[C@H](C(=O)O)[C@@H](c2ccccc2)C1. The Morgan fingerprint density at radius 1 is 1.30 bits per heavy atom. The van der Waals surface area contributed by atoms with Gasteiger partial charge in [0, 0.05) is 37.9 Å². The summed E-state index contributed by atoms with van der Waals surface area (Å²) in [6.45, 7) is 5.15. The van der Waals surface area contributed by atoms with Crippen LogP contribution in [0.25, 0.3) is 0 Å². The first-order valence-electron chi connectivity index (χ1n) is 8.19. The van der Waals surface area contributed by atoms with Gasteiger partial charge in [0.25, 0.3) is 0 Å². The number of imidazole rings is 1. The third-order valence-electron chi connectivity index (χ3n) is 4.57. The van der Waals surface area contributed by atoms with Crippen molar-refractivity contribution in [3.8, 4) is 0 Å². The van der Waals surface area contributed by atoms with Gasteiger partial charge in [-0.3, -0.25) is 9.69 Å². The number of carbonyl (C=O) groups is 1. The van der Waals surface area contributed by atoms with E-state index in [0.717, 1.165) is 30.9 Å². The number of nitrogens with zero attached hydrogens (tertiary/aromatic N) is 3. The Kier molecular flexibility index (Phi) is 4.76. The molecule has 2 atom stereocenters. The maximum absolute atomic E-state index is 11.7. The van der Waals surface area contributed by atoms with Gasteiger partial charge in [-0.2, -0.15) is 0 Å². The summed E-state index contributed by atoms with van der Waals surface area (Å²) in [6, 6.07) is 9.98. The fourth-order valence-corrected chi connectivity index (χ4v) is 3.44. The second kappa shape index (κ2) is 6.96. The molecular weight excluding hydrogens is 290 g/mol. The molecule has 0 unspecified atom stereocenters. The zero-order chi connectivity index (χ0) is 16.2. The van der Waals surface area contributed by atoms with Gasteiger partial charge in [0.2, 0.25) is 0 Å². The number of rotatable bonds is 6. The average molecular weight is 313 g/mol. The van der Waals surface area contributed by atoms with E-state index >= 15 is 0 Å². The van der Waals surface area contributed by atoms with Gasteiger partial charge in [-0.25, -0.2) is 4.98 Å². The van der Waals surface area contributed by atoms with Crippen LogP contribution in [0, 0.1) is 5.92 Å². The number of hydrogen-bond acceptors (Lipinski definition) is 3. The largest absolute Gasteiger partial charge is 0.481 e. The number of hydrogen-bond donors (Lipinski definition) is 1. The van der Waals surface area contributed by atoms with E-state index in [-0.39, 0.29) is 11.8 Å². The predicted molar refractivity (Wildman–Crippen MR) is 88.1 cm³/mol. The summed E-state index contributed by atoms with van der Waals surface area (Å²) >= 11 is 0. The molecule has 122 valence electrons. The van der Waals surface area contributed by atoms with Crippen molar-refractivity contribution in [2.75, 3.05) is 13.1 Å². The topological polar surface area (TPSA) is 58.4 Å². The monoisotopic (exact) mass is 313 g/mol. The number of aliphatic carboxylic acids is 1. The molecule has 5 nitrogen and oxygen atoms in total. The van der Waals surface area contributed by atoms with Crippen LogP contribution < -0.4 is 0 Å². The Morgan fingerprint density at radius 2 is 2.09 bits per heavy atom. The van der Waals surface area contributed by atoms with Gasteiger partial charge in [0.05, 0.1) is 12.5 Å². The van der Waals surface area contributed by atoms with Crippen LogP contribution in [-0.2, 0) is 17.9 Å². The van der Waals surface area contributed by atoms with Crippen molar-refractivity contribution in [1.29, 1.82) is 0 Å². The van der Waals surface area contributed by atoms with E-state index in [9.17, 15) is 9.90 Å². The van der Waals surface area contributed by atoms with Crippen molar-refractivity contribution in [2.24, 2.45) is 5.92 Å². The second-order valence-electron chi connectivity index (χ2n) is 6.19. The van der Waals surface area contributed by atoms with E-state index in [0.29, 0.717) is 13.1 Å². The first-order valence-corrected chi connectivity index (χ1v) is 8.19. The smallest absolute Gasteiger partial charge is 0.308 e. The minimum atomic E-state index is -0.710. The van der Waals surface area contributed by atoms with Crippen LogP contribution in [0.2, 0.25) is 0 Å². The number of carboxylic acid groups (broad SMARTS) is 1. The number of benzene rings is 1. The molecule has 3 rings (SSSR count). The summed E-state index contributed by atoms with van der Waals surface area (Å²) in [4.78, 5) is 18.3. The Balaban J connectivity index is 1.75. The van der Waals surface area contributed by atoms with E-state index in [4.69, 9.17) is 0 Å². The lowest BCUT2D eigenvalue weighted by molar-refractivity contribution is -0.141. The molecule has 0 saturated carbocycles. The van der Waals surface area contributed by atoms with Crippen molar-refractivity contribution in [3.05, 3.63) is 54.1 Å². The molecule has 0 amide bonds. The zero-order valence-corrected chi connectivity index (χ0v) is 13.4. The van der Waals surface area contributed by atoms with Crippen LogP contribution in [-0.4, -0.2) is 38.6 Å². The Hall–Kier alpha value is -2.14. The lowest BCUT2D eigenvalue weighted by Gasteiger charge is -2.16. The summed E-state index contributed by atoms with van der Waals surface area (Å²) in [5, 5.41) is 9.58. The number of aryl methyl sites for hydroxylation is 1. The normalized spacial score (nSPS) is 21.6. The van der Waals surface area contributed by atoms with Crippen molar-refractivity contribution in [2.45, 2.75) is 32.4 Å². The molecule has 0 spiro atoms. The Bertz CT molecular complexity index is 653. The molecule has 0 aliphatic carbocycles. The molecule has 1 N–H and O–H groups in total. The second-order valence-corrected chi connectivity index (χ2v) is 6.19. The molecule has 0 bridgehead atoms. The Labute approximate surface area is 136 Å². The quantitative estimate of drug-likeness (QED) is 0.890. The van der Waals surface area contributed by atoms with Crippen LogP contribution in [0.3, 0.4) is 0 Å². The van der Waals surface area contributed by atoms with Crippen LogP contribution in [0.15, 0.2) is 42.7 Å². The maximum atomic E-state index is 11.7. The molecule has 1 fully saturated rings. The minimum absolute atomic E-state index is 0.0447. The molecule has 1 aromatic heterocycles. The summed E-state index contributed by atoms with van der Waals surface area (Å²) in [5.74, 6) is -0.00164. The third kappa shape index (κ3) is 3.45. The first-order chi connectivity index (χ1) is 11.2. The van der Waals surface area contributed by atoms with Crippen LogP contribution >= 0.6 is 0 Å². The third-order valence-corrected chi connectivity index (χ3v) is 4.57. The van der Waals surface area contributed by atoms with Gasteiger partial charge in [-0.15, -0.1) is 0 Å². The molecule has 23 heavy (non-hydrogen) atoms. The summed E-state index contributed by atoms with van der Waals surface area (Å²) in [6.07, 6.45) is 4.89. The predicted octanol–water partition coefficient (Wildman–Crippen LogP) is 2.59. The number of aromatic nitrogens is 2. The molecule has 2 heterocycles. The lowest BCUT2D eigenvalue weighted by atomic mass is 9.89. The summed E-state index contributed by atoms with van der Waals surface area (Å²) in [7, 11) is 0. The standard InChI is InChI=1S/C18H23N3O2/c1-2-9-21-10-8-19-17(21)13-20-11-15(16(12-20)18(22)23)14-6-4-3-5-7-14/h3-8,10,15-16H,2,9,11-13H2,1H3,(H,22,23)/t15-,16+/m1/s1. The van der Waals surface area contributed by atoms with Crippen molar-refractivity contribution in [1.82, 2.24) is 14.5 Å². The lowest BCUT2D eigenvalue weighted by Crippen LogP contribution is -2.24. The minimum Gasteiger partial charge on any atom is -0.481 e. The molecule has 1 saturated heterocycles. The molecule has 1 aliphatic heterocycles. The zero-order valence-electron chi connectivity index (χ0n) is 13.4. The van der Waals surface area contributed by atoms with E-state index in [2.05, 4.69) is 21.4 Å². The van der Waals surface area contributed by atoms with Gasteiger partial charge in [0.15, 0.2) is 0 Å². The molecular formula is C18H23N3O2. The highest BCUT2D eigenvalue weighted by Crippen LogP contribution is 2.33.